The molecule has 1 aromatic rings. The van der Waals surface area contributed by atoms with Gasteiger partial charge < -0.3 is 14.5 Å². The summed E-state index contributed by atoms with van der Waals surface area (Å²) in [7, 11) is 0. The summed E-state index contributed by atoms with van der Waals surface area (Å²) in [5.41, 5.74) is 0.828. The van der Waals surface area contributed by atoms with Gasteiger partial charge in [-0.15, -0.1) is 0 Å². The second-order valence-electron chi connectivity index (χ2n) is 5.92. The van der Waals surface area contributed by atoms with E-state index in [-0.39, 0.29) is 31.6 Å². The van der Waals surface area contributed by atoms with Gasteiger partial charge in [-0.3, -0.25) is 14.9 Å². The number of quaternary nitrogens is 1. The van der Waals surface area contributed by atoms with Crippen LogP contribution in [0.15, 0.2) is 30.3 Å². The molecule has 0 aliphatic rings. The predicted octanol–water partition coefficient (Wildman–Crippen LogP) is 0.606. The van der Waals surface area contributed by atoms with Crippen LogP contribution in [0.5, 0.6) is 0 Å². The van der Waals surface area contributed by atoms with Gasteiger partial charge in [0.1, 0.15) is 0 Å². The number of anilines is 1. The standard InChI is InChI=1S/C18H27N3O4/c1-5-20(12-16(22)19-18(24)25-6-2)13-17(23)21(14(3)4)15-10-8-7-9-11-15/h7-11,14H,5-6,12-13H2,1-4H3,(H,19,22,24)/p+1. The number of nitrogens with one attached hydrogen (secondary N) is 2. The number of imide groups is 1. The predicted molar refractivity (Wildman–Crippen MR) is 95.5 cm³/mol. The van der Waals surface area contributed by atoms with Crippen LogP contribution in [-0.4, -0.2) is 50.2 Å². The topological polar surface area (TPSA) is 80.1 Å². The molecule has 7 heteroatoms. The normalized spacial score (nSPS) is 11.7. The number of hydrogen-bond acceptors (Lipinski definition) is 4. The Kier molecular flexibility index (Phi) is 8.63. The summed E-state index contributed by atoms with van der Waals surface area (Å²) in [6.45, 7) is 8.43. The molecule has 0 aromatic heterocycles. The molecular formula is C18H28N3O4+. The summed E-state index contributed by atoms with van der Waals surface area (Å²) in [4.78, 5) is 38.4. The Morgan fingerprint density at radius 2 is 1.76 bits per heavy atom. The Morgan fingerprint density at radius 1 is 1.12 bits per heavy atom. The quantitative estimate of drug-likeness (QED) is 0.720. The van der Waals surface area contributed by atoms with E-state index < -0.39 is 12.0 Å². The van der Waals surface area contributed by atoms with Crippen LogP contribution in [-0.2, 0) is 14.3 Å². The molecule has 0 heterocycles. The first-order chi connectivity index (χ1) is 11.9. The van der Waals surface area contributed by atoms with Gasteiger partial charge in [-0.1, -0.05) is 18.2 Å². The molecular weight excluding hydrogens is 322 g/mol. The number of amides is 3. The zero-order valence-electron chi connectivity index (χ0n) is 15.4. The van der Waals surface area contributed by atoms with Crippen molar-refractivity contribution < 1.29 is 24.0 Å². The van der Waals surface area contributed by atoms with Crippen LogP contribution >= 0.6 is 0 Å². The highest BCUT2D eigenvalue weighted by atomic mass is 16.5. The highest BCUT2D eigenvalue weighted by molar-refractivity contribution is 5.95. The van der Waals surface area contributed by atoms with Gasteiger partial charge in [-0.2, -0.15) is 0 Å². The minimum Gasteiger partial charge on any atom is -0.450 e. The van der Waals surface area contributed by atoms with E-state index >= 15 is 0 Å². The monoisotopic (exact) mass is 350 g/mol. The molecule has 0 saturated heterocycles. The number of hydrogen-bond donors (Lipinski definition) is 2. The number of carbonyl (C=O) groups is 3. The number of benzene rings is 1. The van der Waals surface area contributed by atoms with Gasteiger partial charge in [0.2, 0.25) is 0 Å². The Bertz CT molecular complexity index is 575. The Balaban J connectivity index is 2.70. The van der Waals surface area contributed by atoms with Crippen molar-refractivity contribution in [3.8, 4) is 0 Å². The first-order valence-electron chi connectivity index (χ1n) is 8.56. The first kappa shape index (κ1) is 20.6. The smallest absolute Gasteiger partial charge is 0.414 e. The third-order valence-corrected chi connectivity index (χ3v) is 3.65. The molecule has 0 aliphatic heterocycles. The van der Waals surface area contributed by atoms with E-state index in [4.69, 9.17) is 0 Å². The SMILES string of the molecule is CCOC(=O)NC(=O)C[NH+](CC)CC(=O)N(c1ccccc1)C(C)C. The number of rotatable bonds is 8. The molecule has 1 atom stereocenters. The average molecular weight is 350 g/mol. The zero-order valence-corrected chi connectivity index (χ0v) is 15.4. The first-order valence-corrected chi connectivity index (χ1v) is 8.56. The number of para-hydroxylation sites is 1. The molecule has 138 valence electrons. The third kappa shape index (κ3) is 6.93. The number of alkyl carbamates (subject to hydrolysis) is 1. The third-order valence-electron chi connectivity index (χ3n) is 3.65. The van der Waals surface area contributed by atoms with Crippen molar-refractivity contribution in [1.82, 2.24) is 5.32 Å². The highest BCUT2D eigenvalue weighted by Crippen LogP contribution is 2.16. The number of likely N-dealkylation sites (N-methyl/N-ethyl adjacent to an activating group) is 1. The lowest BCUT2D eigenvalue weighted by Gasteiger charge is -2.28. The summed E-state index contributed by atoms with van der Waals surface area (Å²) >= 11 is 0. The second kappa shape index (κ2) is 10.5. The Labute approximate surface area is 148 Å². The summed E-state index contributed by atoms with van der Waals surface area (Å²) in [6, 6.07) is 9.44. The molecule has 1 rings (SSSR count). The molecule has 0 saturated carbocycles. The lowest BCUT2D eigenvalue weighted by Crippen LogP contribution is -3.14. The number of ether oxygens (including phenoxy) is 1. The van der Waals surface area contributed by atoms with Gasteiger partial charge >= 0.3 is 6.09 Å². The van der Waals surface area contributed by atoms with E-state index in [0.717, 1.165) is 10.6 Å². The van der Waals surface area contributed by atoms with Gasteiger partial charge in [0.25, 0.3) is 11.8 Å². The van der Waals surface area contributed by atoms with Gasteiger partial charge in [0.05, 0.1) is 13.2 Å². The molecule has 1 aromatic carbocycles. The molecule has 0 bridgehead atoms. The van der Waals surface area contributed by atoms with E-state index in [2.05, 4.69) is 10.1 Å². The summed E-state index contributed by atoms with van der Waals surface area (Å²) in [5.74, 6) is -0.527. The van der Waals surface area contributed by atoms with Gasteiger partial charge in [-0.05, 0) is 39.8 Å². The van der Waals surface area contributed by atoms with Crippen molar-refractivity contribution in [1.29, 1.82) is 0 Å². The van der Waals surface area contributed by atoms with E-state index in [0.29, 0.717) is 6.54 Å². The van der Waals surface area contributed by atoms with Crippen LogP contribution in [0.2, 0.25) is 0 Å². The van der Waals surface area contributed by atoms with Gasteiger partial charge in [0.15, 0.2) is 13.1 Å². The van der Waals surface area contributed by atoms with Crippen molar-refractivity contribution in [2.24, 2.45) is 0 Å². The molecule has 2 N–H and O–H groups in total. The van der Waals surface area contributed by atoms with E-state index in [1.165, 1.54) is 0 Å². The minimum absolute atomic E-state index is 0.00126. The lowest BCUT2D eigenvalue weighted by molar-refractivity contribution is -0.881. The summed E-state index contributed by atoms with van der Waals surface area (Å²) < 4.78 is 4.68. The molecule has 1 unspecified atom stereocenters. The van der Waals surface area contributed by atoms with E-state index in [1.807, 2.05) is 51.1 Å². The highest BCUT2D eigenvalue weighted by Gasteiger charge is 2.25. The molecule has 0 radical (unpaired) electrons. The average Bonchev–Trinajstić information content (AvgIpc) is 2.55. The van der Waals surface area contributed by atoms with Crippen molar-refractivity contribution in [2.75, 3.05) is 31.1 Å². The van der Waals surface area contributed by atoms with E-state index in [1.54, 1.807) is 11.8 Å². The van der Waals surface area contributed by atoms with Crippen molar-refractivity contribution >= 4 is 23.6 Å². The Hall–Kier alpha value is -2.41. The molecule has 7 nitrogen and oxygen atoms in total. The largest absolute Gasteiger partial charge is 0.450 e. The molecule has 3 amide bonds. The number of carbonyl (C=O) groups excluding carboxylic acids is 3. The van der Waals surface area contributed by atoms with Crippen LogP contribution in [0.25, 0.3) is 0 Å². The fraction of sp³-hybridized carbons (Fsp3) is 0.500. The van der Waals surface area contributed by atoms with Crippen LogP contribution in [0, 0.1) is 0 Å². The van der Waals surface area contributed by atoms with Crippen LogP contribution in [0.1, 0.15) is 27.7 Å². The molecule has 0 spiro atoms. The van der Waals surface area contributed by atoms with Crippen LogP contribution in [0.4, 0.5) is 10.5 Å². The van der Waals surface area contributed by atoms with Crippen molar-refractivity contribution in [3.05, 3.63) is 30.3 Å². The lowest BCUT2D eigenvalue weighted by atomic mass is 10.2. The fourth-order valence-corrected chi connectivity index (χ4v) is 2.48. The molecule has 25 heavy (non-hydrogen) atoms. The maximum absolute atomic E-state index is 12.7. The summed E-state index contributed by atoms with van der Waals surface area (Å²) in [5, 5.41) is 2.16. The van der Waals surface area contributed by atoms with Crippen molar-refractivity contribution in [3.63, 3.8) is 0 Å². The van der Waals surface area contributed by atoms with Gasteiger partial charge in [0, 0.05) is 11.7 Å². The molecule has 0 aliphatic carbocycles. The maximum atomic E-state index is 12.7. The summed E-state index contributed by atoms with van der Waals surface area (Å²) in [6.07, 6.45) is -0.762. The Morgan fingerprint density at radius 3 is 2.28 bits per heavy atom. The maximum Gasteiger partial charge on any atom is 0.414 e. The van der Waals surface area contributed by atoms with Crippen LogP contribution in [0.3, 0.4) is 0 Å². The number of nitrogens with zero attached hydrogens (tertiary/aromatic N) is 1. The van der Waals surface area contributed by atoms with Crippen LogP contribution < -0.4 is 15.1 Å². The van der Waals surface area contributed by atoms with Crippen molar-refractivity contribution in [2.45, 2.75) is 33.7 Å². The second-order valence-corrected chi connectivity index (χ2v) is 5.92. The zero-order chi connectivity index (χ0) is 18.8. The fourth-order valence-electron chi connectivity index (χ4n) is 2.48. The van der Waals surface area contributed by atoms with Gasteiger partial charge in [-0.25, -0.2) is 4.79 Å². The van der Waals surface area contributed by atoms with E-state index in [9.17, 15) is 14.4 Å². The minimum atomic E-state index is -0.762. The molecule has 0 fully saturated rings.